The Kier molecular flexibility index (Phi) is 3.07. The van der Waals surface area contributed by atoms with Crippen LogP contribution in [0.1, 0.15) is 45.6 Å². The van der Waals surface area contributed by atoms with Crippen molar-refractivity contribution in [3.05, 3.63) is 35.9 Å². The smallest absolute Gasteiger partial charge is 0.00968 e. The van der Waals surface area contributed by atoms with Crippen LogP contribution in [0.15, 0.2) is 30.3 Å². The largest absolute Gasteiger partial charge is 0.311 e. The second-order valence-electron chi connectivity index (χ2n) is 6.10. The lowest BCUT2D eigenvalue weighted by Gasteiger charge is -2.44. The van der Waals surface area contributed by atoms with E-state index in [1.807, 2.05) is 0 Å². The molecule has 1 nitrogen and oxygen atoms in total. The molecule has 1 fully saturated rings. The molecule has 1 aliphatic carbocycles. The zero-order chi connectivity index (χ0) is 11.6. The Hall–Kier alpha value is -0.820. The minimum atomic E-state index is 0.220. The molecule has 0 aromatic heterocycles. The van der Waals surface area contributed by atoms with E-state index in [-0.39, 0.29) is 5.54 Å². The van der Waals surface area contributed by atoms with Gasteiger partial charge >= 0.3 is 0 Å². The maximum atomic E-state index is 3.66. The van der Waals surface area contributed by atoms with E-state index in [0.717, 1.165) is 6.54 Å². The minimum absolute atomic E-state index is 0.220. The van der Waals surface area contributed by atoms with Crippen molar-refractivity contribution in [1.82, 2.24) is 5.32 Å². The third-order valence-corrected chi connectivity index (χ3v) is 3.65. The Morgan fingerprint density at radius 2 is 1.75 bits per heavy atom. The summed E-state index contributed by atoms with van der Waals surface area (Å²) < 4.78 is 0. The molecule has 1 heteroatoms. The van der Waals surface area contributed by atoms with E-state index in [0.29, 0.717) is 5.41 Å². The van der Waals surface area contributed by atoms with Gasteiger partial charge in [0.1, 0.15) is 0 Å². The van der Waals surface area contributed by atoms with E-state index < -0.39 is 0 Å². The van der Waals surface area contributed by atoms with Gasteiger partial charge in [0.05, 0.1) is 0 Å². The third kappa shape index (κ3) is 2.46. The average Bonchev–Trinajstić information content (AvgIpc) is 2.16. The summed E-state index contributed by atoms with van der Waals surface area (Å²) in [6.45, 7) is 7.83. The van der Waals surface area contributed by atoms with Gasteiger partial charge in [0.2, 0.25) is 0 Å². The van der Waals surface area contributed by atoms with Crippen LogP contribution in [0.3, 0.4) is 0 Å². The van der Waals surface area contributed by atoms with Gasteiger partial charge in [-0.25, -0.2) is 0 Å². The molecule has 0 saturated heterocycles. The summed E-state index contributed by atoms with van der Waals surface area (Å²) in [5, 5.41) is 3.66. The van der Waals surface area contributed by atoms with Crippen molar-refractivity contribution in [3.8, 4) is 0 Å². The summed E-state index contributed by atoms with van der Waals surface area (Å²) in [5.41, 5.74) is 2.14. The first-order valence-corrected chi connectivity index (χ1v) is 6.32. The van der Waals surface area contributed by atoms with Gasteiger partial charge in [-0.2, -0.15) is 0 Å². The van der Waals surface area contributed by atoms with Gasteiger partial charge < -0.3 is 5.32 Å². The molecule has 2 rings (SSSR count). The highest BCUT2D eigenvalue weighted by molar-refractivity contribution is 5.28. The molecule has 0 heterocycles. The highest BCUT2D eigenvalue weighted by Gasteiger charge is 2.38. The van der Waals surface area contributed by atoms with Crippen LogP contribution in [0.4, 0.5) is 0 Å². The van der Waals surface area contributed by atoms with Crippen LogP contribution in [0, 0.1) is 0 Å². The van der Waals surface area contributed by atoms with Gasteiger partial charge in [-0.1, -0.05) is 36.8 Å². The lowest BCUT2D eigenvalue weighted by atomic mass is 9.64. The van der Waals surface area contributed by atoms with Crippen molar-refractivity contribution in [1.29, 1.82) is 0 Å². The number of hydrogen-bond donors (Lipinski definition) is 1. The van der Waals surface area contributed by atoms with E-state index in [9.17, 15) is 0 Å². The number of hydrogen-bond acceptors (Lipinski definition) is 1. The lowest BCUT2D eigenvalue weighted by Crippen LogP contribution is -2.49. The molecule has 0 atom stereocenters. The zero-order valence-electron chi connectivity index (χ0n) is 10.7. The molecule has 1 saturated carbocycles. The predicted molar refractivity (Wildman–Crippen MR) is 69.7 cm³/mol. The predicted octanol–water partition coefficient (Wildman–Crippen LogP) is 3.50. The summed E-state index contributed by atoms with van der Waals surface area (Å²) in [6, 6.07) is 11.0. The maximum Gasteiger partial charge on any atom is 0.00968 e. The molecule has 16 heavy (non-hydrogen) atoms. The van der Waals surface area contributed by atoms with Crippen molar-refractivity contribution in [2.24, 2.45) is 0 Å². The van der Waals surface area contributed by atoms with Gasteiger partial charge in [-0.05, 0) is 39.2 Å². The fourth-order valence-corrected chi connectivity index (χ4v) is 2.40. The highest BCUT2D eigenvalue weighted by Crippen LogP contribution is 2.43. The summed E-state index contributed by atoms with van der Waals surface area (Å²) in [6.07, 6.45) is 4.04. The topological polar surface area (TPSA) is 12.0 Å². The van der Waals surface area contributed by atoms with E-state index in [1.54, 1.807) is 0 Å². The summed E-state index contributed by atoms with van der Waals surface area (Å²) in [5.74, 6) is 0. The standard InChI is InChI=1S/C15H23N/c1-14(2,3)16-12-15(10-7-11-15)13-8-5-4-6-9-13/h4-6,8-9,16H,7,10-12H2,1-3H3. The molecule has 0 bridgehead atoms. The van der Waals surface area contributed by atoms with Crippen LogP contribution in [-0.4, -0.2) is 12.1 Å². The number of benzene rings is 1. The van der Waals surface area contributed by atoms with E-state index >= 15 is 0 Å². The fraction of sp³-hybridized carbons (Fsp3) is 0.600. The van der Waals surface area contributed by atoms with Crippen molar-refractivity contribution in [2.75, 3.05) is 6.54 Å². The molecule has 0 spiro atoms. The van der Waals surface area contributed by atoms with Gasteiger partial charge in [0, 0.05) is 17.5 Å². The van der Waals surface area contributed by atoms with Crippen LogP contribution in [0.2, 0.25) is 0 Å². The average molecular weight is 217 g/mol. The highest BCUT2D eigenvalue weighted by atomic mass is 15.0. The lowest BCUT2D eigenvalue weighted by molar-refractivity contribution is 0.213. The second-order valence-corrected chi connectivity index (χ2v) is 6.10. The normalized spacial score (nSPS) is 19.2. The molecule has 88 valence electrons. The van der Waals surface area contributed by atoms with E-state index in [2.05, 4.69) is 56.4 Å². The van der Waals surface area contributed by atoms with Crippen molar-refractivity contribution in [3.63, 3.8) is 0 Å². The Morgan fingerprint density at radius 3 is 2.19 bits per heavy atom. The number of nitrogens with one attached hydrogen (secondary N) is 1. The Labute approximate surface area is 99.3 Å². The van der Waals surface area contributed by atoms with Crippen LogP contribution in [-0.2, 0) is 5.41 Å². The van der Waals surface area contributed by atoms with Crippen LogP contribution in [0.5, 0.6) is 0 Å². The van der Waals surface area contributed by atoms with Crippen LogP contribution < -0.4 is 5.32 Å². The quantitative estimate of drug-likeness (QED) is 0.817. The zero-order valence-corrected chi connectivity index (χ0v) is 10.7. The molecule has 0 amide bonds. The van der Waals surface area contributed by atoms with Gasteiger partial charge in [0.25, 0.3) is 0 Å². The van der Waals surface area contributed by atoms with Crippen molar-refractivity contribution >= 4 is 0 Å². The van der Waals surface area contributed by atoms with E-state index in [4.69, 9.17) is 0 Å². The SMILES string of the molecule is CC(C)(C)NCC1(c2ccccc2)CCC1. The van der Waals surface area contributed by atoms with Crippen molar-refractivity contribution in [2.45, 2.75) is 51.0 Å². The van der Waals surface area contributed by atoms with Gasteiger partial charge in [0.15, 0.2) is 0 Å². The first-order valence-electron chi connectivity index (χ1n) is 6.32. The summed E-state index contributed by atoms with van der Waals surface area (Å²) in [4.78, 5) is 0. The Balaban J connectivity index is 2.09. The summed E-state index contributed by atoms with van der Waals surface area (Å²) >= 11 is 0. The molecule has 0 radical (unpaired) electrons. The number of rotatable bonds is 3. The van der Waals surface area contributed by atoms with Gasteiger partial charge in [-0.15, -0.1) is 0 Å². The third-order valence-electron chi connectivity index (χ3n) is 3.65. The van der Waals surface area contributed by atoms with E-state index in [1.165, 1.54) is 24.8 Å². The molecule has 0 aliphatic heterocycles. The molecule has 1 N–H and O–H groups in total. The maximum absolute atomic E-state index is 3.66. The van der Waals surface area contributed by atoms with Crippen LogP contribution in [0.25, 0.3) is 0 Å². The second kappa shape index (κ2) is 4.21. The monoisotopic (exact) mass is 217 g/mol. The molecule has 1 aliphatic rings. The fourth-order valence-electron chi connectivity index (χ4n) is 2.40. The first kappa shape index (κ1) is 11.7. The first-order chi connectivity index (χ1) is 7.52. The van der Waals surface area contributed by atoms with Crippen molar-refractivity contribution < 1.29 is 0 Å². The Morgan fingerprint density at radius 1 is 1.12 bits per heavy atom. The Bertz CT molecular complexity index is 330. The molecule has 1 aromatic carbocycles. The van der Waals surface area contributed by atoms with Gasteiger partial charge in [-0.3, -0.25) is 0 Å². The molecule has 0 unspecified atom stereocenters. The summed E-state index contributed by atoms with van der Waals surface area (Å²) in [7, 11) is 0. The molecular formula is C15H23N. The minimum Gasteiger partial charge on any atom is -0.311 e. The molecular weight excluding hydrogens is 194 g/mol. The molecule has 1 aromatic rings. The van der Waals surface area contributed by atoms with Crippen LogP contribution >= 0.6 is 0 Å².